The molecule has 6 heteroatoms. The molecule has 3 rings (SSSR count). The van der Waals surface area contributed by atoms with Gasteiger partial charge in [-0.05, 0) is 12.1 Å². The molecule has 0 radical (unpaired) electrons. The summed E-state index contributed by atoms with van der Waals surface area (Å²) < 4.78 is 29.6. The van der Waals surface area contributed by atoms with Gasteiger partial charge in [-0.3, -0.25) is 4.98 Å². The Morgan fingerprint density at radius 2 is 2.05 bits per heavy atom. The second kappa shape index (κ2) is 5.67. The van der Waals surface area contributed by atoms with Crippen molar-refractivity contribution in [1.82, 2.24) is 4.98 Å². The Balaban J connectivity index is 1.97. The first-order valence-corrected chi connectivity index (χ1v) is 6.51. The standard InChI is InChI=1S/C15H15FN2O3/c1-19-14-11(6-10(16)7-12(14)17)13-3-2-9(8-18-13)15-20-4-5-21-15/h2-3,6-8,15H,4-5,17H2,1H3. The van der Waals surface area contributed by atoms with Crippen LogP contribution in [-0.4, -0.2) is 25.3 Å². The molecule has 110 valence electrons. The summed E-state index contributed by atoms with van der Waals surface area (Å²) in [7, 11) is 1.49. The fourth-order valence-corrected chi connectivity index (χ4v) is 2.29. The minimum Gasteiger partial charge on any atom is -0.494 e. The van der Waals surface area contributed by atoms with Gasteiger partial charge in [-0.1, -0.05) is 6.07 Å². The van der Waals surface area contributed by atoms with Crippen LogP contribution < -0.4 is 10.5 Å². The third-order valence-corrected chi connectivity index (χ3v) is 3.24. The van der Waals surface area contributed by atoms with E-state index in [1.165, 1.54) is 19.2 Å². The van der Waals surface area contributed by atoms with Gasteiger partial charge in [0.1, 0.15) is 5.82 Å². The van der Waals surface area contributed by atoms with Gasteiger partial charge in [0.05, 0.1) is 31.7 Å². The van der Waals surface area contributed by atoms with E-state index in [4.69, 9.17) is 19.9 Å². The highest BCUT2D eigenvalue weighted by Crippen LogP contribution is 2.35. The van der Waals surface area contributed by atoms with Crippen LogP contribution in [0, 0.1) is 5.82 Å². The Labute approximate surface area is 121 Å². The zero-order valence-corrected chi connectivity index (χ0v) is 11.5. The molecule has 1 aliphatic rings. The third-order valence-electron chi connectivity index (χ3n) is 3.24. The predicted molar refractivity (Wildman–Crippen MR) is 75.2 cm³/mol. The molecule has 1 aromatic carbocycles. The minimum atomic E-state index is -0.434. The van der Waals surface area contributed by atoms with Gasteiger partial charge in [0.2, 0.25) is 0 Å². The maximum atomic E-state index is 13.6. The van der Waals surface area contributed by atoms with E-state index in [0.29, 0.717) is 30.2 Å². The number of methoxy groups -OCH3 is 1. The van der Waals surface area contributed by atoms with Crippen LogP contribution in [0.15, 0.2) is 30.5 Å². The fourth-order valence-electron chi connectivity index (χ4n) is 2.29. The second-order valence-corrected chi connectivity index (χ2v) is 4.63. The molecule has 2 aromatic rings. The molecule has 1 aliphatic heterocycles. The van der Waals surface area contributed by atoms with Gasteiger partial charge in [-0.2, -0.15) is 0 Å². The Bertz CT molecular complexity index is 640. The van der Waals surface area contributed by atoms with Gasteiger partial charge in [0, 0.05) is 23.4 Å². The summed E-state index contributed by atoms with van der Waals surface area (Å²) in [6, 6.07) is 6.16. The number of ether oxygens (including phenoxy) is 3. The number of nitrogens with zero attached hydrogens (tertiary/aromatic N) is 1. The average Bonchev–Trinajstić information content (AvgIpc) is 3.01. The van der Waals surface area contributed by atoms with Crippen molar-refractivity contribution < 1.29 is 18.6 Å². The van der Waals surface area contributed by atoms with Crippen molar-refractivity contribution in [2.24, 2.45) is 0 Å². The number of pyridine rings is 1. The lowest BCUT2D eigenvalue weighted by Gasteiger charge is -2.12. The lowest BCUT2D eigenvalue weighted by Crippen LogP contribution is -2.00. The summed E-state index contributed by atoms with van der Waals surface area (Å²) in [6.07, 6.45) is 1.26. The van der Waals surface area contributed by atoms with Crippen molar-refractivity contribution >= 4 is 5.69 Å². The molecular formula is C15H15FN2O3. The smallest absolute Gasteiger partial charge is 0.185 e. The van der Waals surface area contributed by atoms with E-state index in [1.807, 2.05) is 6.07 Å². The Morgan fingerprint density at radius 1 is 1.29 bits per heavy atom. The first kappa shape index (κ1) is 13.8. The van der Waals surface area contributed by atoms with E-state index in [1.54, 1.807) is 12.3 Å². The number of hydrogen-bond acceptors (Lipinski definition) is 5. The molecule has 0 amide bonds. The quantitative estimate of drug-likeness (QED) is 0.880. The van der Waals surface area contributed by atoms with Crippen LogP contribution in [0.1, 0.15) is 11.9 Å². The molecule has 0 atom stereocenters. The number of anilines is 1. The van der Waals surface area contributed by atoms with Crippen LogP contribution in [0.4, 0.5) is 10.1 Å². The topological polar surface area (TPSA) is 66.6 Å². The zero-order chi connectivity index (χ0) is 14.8. The molecule has 1 aromatic heterocycles. The van der Waals surface area contributed by atoms with Crippen LogP contribution in [0.5, 0.6) is 5.75 Å². The molecule has 0 unspecified atom stereocenters. The number of aromatic nitrogens is 1. The third kappa shape index (κ3) is 2.68. The van der Waals surface area contributed by atoms with Crippen LogP contribution in [0.2, 0.25) is 0 Å². The molecule has 21 heavy (non-hydrogen) atoms. The highest BCUT2D eigenvalue weighted by atomic mass is 19.1. The molecule has 1 fully saturated rings. The number of hydrogen-bond donors (Lipinski definition) is 1. The molecule has 2 heterocycles. The summed E-state index contributed by atoms with van der Waals surface area (Å²) in [5, 5.41) is 0. The molecule has 0 saturated carbocycles. The van der Waals surface area contributed by atoms with E-state index < -0.39 is 5.82 Å². The summed E-state index contributed by atoms with van der Waals surface area (Å²) >= 11 is 0. The van der Waals surface area contributed by atoms with Crippen molar-refractivity contribution in [2.75, 3.05) is 26.1 Å². The summed E-state index contributed by atoms with van der Waals surface area (Å²) in [5.41, 5.74) is 7.90. The van der Waals surface area contributed by atoms with E-state index in [9.17, 15) is 4.39 Å². The normalized spacial score (nSPS) is 15.3. The predicted octanol–water partition coefficient (Wildman–Crippen LogP) is 2.52. The lowest BCUT2D eigenvalue weighted by atomic mass is 10.1. The van der Waals surface area contributed by atoms with E-state index in [-0.39, 0.29) is 12.0 Å². The summed E-state index contributed by atoms with van der Waals surface area (Å²) in [5.74, 6) is -0.0262. The molecule has 2 N–H and O–H groups in total. The number of halogens is 1. The molecule has 0 spiro atoms. The average molecular weight is 290 g/mol. The highest BCUT2D eigenvalue weighted by molar-refractivity contribution is 5.75. The molecule has 0 aliphatic carbocycles. The monoisotopic (exact) mass is 290 g/mol. The van der Waals surface area contributed by atoms with Gasteiger partial charge < -0.3 is 19.9 Å². The SMILES string of the molecule is COc1c(N)cc(F)cc1-c1ccc(C2OCCO2)cn1. The largest absolute Gasteiger partial charge is 0.494 e. The minimum absolute atomic E-state index is 0.237. The van der Waals surface area contributed by atoms with Crippen LogP contribution in [0.3, 0.4) is 0 Å². The van der Waals surface area contributed by atoms with Crippen molar-refractivity contribution in [3.8, 4) is 17.0 Å². The summed E-state index contributed by atoms with van der Waals surface area (Å²) in [6.45, 7) is 1.14. The molecule has 0 bridgehead atoms. The Morgan fingerprint density at radius 3 is 2.67 bits per heavy atom. The molecule has 5 nitrogen and oxygen atoms in total. The number of benzene rings is 1. The van der Waals surface area contributed by atoms with Crippen molar-refractivity contribution in [1.29, 1.82) is 0 Å². The van der Waals surface area contributed by atoms with E-state index >= 15 is 0 Å². The molecular weight excluding hydrogens is 275 g/mol. The van der Waals surface area contributed by atoms with Gasteiger partial charge in [0.15, 0.2) is 12.0 Å². The van der Waals surface area contributed by atoms with Crippen LogP contribution in [0.25, 0.3) is 11.3 Å². The Kier molecular flexibility index (Phi) is 3.72. The van der Waals surface area contributed by atoms with Crippen molar-refractivity contribution in [3.05, 3.63) is 41.8 Å². The van der Waals surface area contributed by atoms with Gasteiger partial charge in [-0.25, -0.2) is 4.39 Å². The van der Waals surface area contributed by atoms with Gasteiger partial charge >= 0.3 is 0 Å². The van der Waals surface area contributed by atoms with E-state index in [2.05, 4.69) is 4.98 Å². The first-order valence-electron chi connectivity index (χ1n) is 6.51. The second-order valence-electron chi connectivity index (χ2n) is 4.63. The first-order chi connectivity index (χ1) is 10.2. The van der Waals surface area contributed by atoms with Crippen molar-refractivity contribution in [2.45, 2.75) is 6.29 Å². The van der Waals surface area contributed by atoms with Gasteiger partial charge in [0.25, 0.3) is 0 Å². The maximum absolute atomic E-state index is 13.6. The van der Waals surface area contributed by atoms with Crippen molar-refractivity contribution in [3.63, 3.8) is 0 Å². The number of rotatable bonds is 3. The lowest BCUT2D eigenvalue weighted by molar-refractivity contribution is -0.0443. The zero-order valence-electron chi connectivity index (χ0n) is 11.5. The van der Waals surface area contributed by atoms with Crippen LogP contribution in [-0.2, 0) is 9.47 Å². The number of nitrogens with two attached hydrogens (primary N) is 1. The van der Waals surface area contributed by atoms with E-state index in [0.717, 1.165) is 5.56 Å². The maximum Gasteiger partial charge on any atom is 0.185 e. The summed E-state index contributed by atoms with van der Waals surface area (Å²) in [4.78, 5) is 4.32. The Hall–Kier alpha value is -2.18. The molecule has 1 saturated heterocycles. The van der Waals surface area contributed by atoms with Crippen LogP contribution >= 0.6 is 0 Å². The highest BCUT2D eigenvalue weighted by Gasteiger charge is 2.19. The van der Waals surface area contributed by atoms with Gasteiger partial charge in [-0.15, -0.1) is 0 Å². The fraction of sp³-hybridized carbons (Fsp3) is 0.267. The number of nitrogen functional groups attached to an aromatic ring is 1.